The van der Waals surface area contributed by atoms with E-state index in [1.807, 2.05) is 32.0 Å². The van der Waals surface area contributed by atoms with Gasteiger partial charge in [-0.05, 0) is 49.2 Å². The van der Waals surface area contributed by atoms with E-state index in [-0.39, 0.29) is 12.5 Å². The SMILES string of the molecule is CC(=O)N(c1ccc(C)c(C)c1)c1nc(COC(=O)c2ccccc2Cl)cs1. The maximum atomic E-state index is 12.2. The molecule has 0 aliphatic carbocycles. The molecule has 7 heteroatoms. The lowest BCUT2D eigenvalue weighted by Crippen LogP contribution is -2.22. The van der Waals surface area contributed by atoms with E-state index >= 15 is 0 Å². The van der Waals surface area contributed by atoms with E-state index < -0.39 is 5.97 Å². The molecule has 0 saturated carbocycles. The zero-order valence-electron chi connectivity index (χ0n) is 15.7. The van der Waals surface area contributed by atoms with Crippen molar-refractivity contribution in [1.29, 1.82) is 0 Å². The second-order valence-corrected chi connectivity index (χ2v) is 7.54. The second kappa shape index (κ2) is 8.54. The number of aromatic nitrogens is 1. The summed E-state index contributed by atoms with van der Waals surface area (Å²) < 4.78 is 5.31. The molecular weight excluding hydrogens is 396 g/mol. The highest BCUT2D eigenvalue weighted by Crippen LogP contribution is 2.30. The number of aryl methyl sites for hydroxylation is 2. The Morgan fingerprint density at radius 1 is 1.14 bits per heavy atom. The number of halogens is 1. The predicted octanol–water partition coefficient (Wildman–Crippen LogP) is 5.45. The Kier molecular flexibility index (Phi) is 6.11. The van der Waals surface area contributed by atoms with Crippen molar-refractivity contribution in [3.63, 3.8) is 0 Å². The highest BCUT2D eigenvalue weighted by atomic mass is 35.5. The number of carbonyl (C=O) groups excluding carboxylic acids is 2. The van der Waals surface area contributed by atoms with Crippen molar-refractivity contribution in [3.8, 4) is 0 Å². The molecule has 0 fully saturated rings. The maximum Gasteiger partial charge on any atom is 0.340 e. The molecule has 0 unspecified atom stereocenters. The lowest BCUT2D eigenvalue weighted by molar-refractivity contribution is -0.115. The zero-order chi connectivity index (χ0) is 20.3. The van der Waals surface area contributed by atoms with Gasteiger partial charge in [0.25, 0.3) is 0 Å². The van der Waals surface area contributed by atoms with Crippen LogP contribution in [0.3, 0.4) is 0 Å². The third kappa shape index (κ3) is 4.40. The summed E-state index contributed by atoms with van der Waals surface area (Å²) in [5.41, 5.74) is 3.87. The van der Waals surface area contributed by atoms with Crippen molar-refractivity contribution in [1.82, 2.24) is 4.98 Å². The lowest BCUT2D eigenvalue weighted by Gasteiger charge is -2.19. The molecule has 0 N–H and O–H groups in total. The van der Waals surface area contributed by atoms with Crippen LogP contribution < -0.4 is 4.90 Å². The highest BCUT2D eigenvalue weighted by Gasteiger charge is 2.19. The van der Waals surface area contributed by atoms with E-state index in [0.717, 1.165) is 16.8 Å². The fraction of sp³-hybridized carbons (Fsp3) is 0.190. The molecule has 3 rings (SSSR count). The summed E-state index contributed by atoms with van der Waals surface area (Å²) in [6.07, 6.45) is 0. The van der Waals surface area contributed by atoms with Crippen LogP contribution >= 0.6 is 22.9 Å². The Balaban J connectivity index is 1.76. The van der Waals surface area contributed by atoms with Crippen molar-refractivity contribution < 1.29 is 14.3 Å². The van der Waals surface area contributed by atoms with Gasteiger partial charge in [0.2, 0.25) is 5.91 Å². The Morgan fingerprint density at radius 3 is 2.57 bits per heavy atom. The molecule has 144 valence electrons. The van der Waals surface area contributed by atoms with Crippen LogP contribution in [-0.2, 0) is 16.1 Å². The molecule has 1 amide bonds. The molecule has 2 aromatic carbocycles. The summed E-state index contributed by atoms with van der Waals surface area (Å²) in [5, 5.41) is 2.63. The molecule has 0 radical (unpaired) electrons. The van der Waals surface area contributed by atoms with Crippen molar-refractivity contribution in [2.24, 2.45) is 0 Å². The molecule has 1 aromatic heterocycles. The van der Waals surface area contributed by atoms with Crippen molar-refractivity contribution in [2.75, 3.05) is 4.90 Å². The molecule has 0 aliphatic heterocycles. The molecule has 0 aliphatic rings. The number of thiazole rings is 1. The maximum absolute atomic E-state index is 12.2. The molecule has 1 heterocycles. The number of nitrogens with zero attached hydrogens (tertiary/aromatic N) is 2. The van der Waals surface area contributed by atoms with Crippen LogP contribution in [0, 0.1) is 13.8 Å². The van der Waals surface area contributed by atoms with Crippen molar-refractivity contribution >= 4 is 45.6 Å². The van der Waals surface area contributed by atoms with Gasteiger partial charge >= 0.3 is 5.97 Å². The predicted molar refractivity (Wildman–Crippen MR) is 111 cm³/mol. The van der Waals surface area contributed by atoms with Crippen LogP contribution in [-0.4, -0.2) is 16.9 Å². The minimum absolute atomic E-state index is 0.000767. The molecule has 0 saturated heterocycles. The first-order valence-electron chi connectivity index (χ1n) is 8.61. The van der Waals surface area contributed by atoms with Gasteiger partial charge in [-0.2, -0.15) is 0 Å². The number of esters is 1. The Bertz CT molecular complexity index is 1030. The Morgan fingerprint density at radius 2 is 1.89 bits per heavy atom. The molecular formula is C21H19ClN2O3S. The van der Waals surface area contributed by atoms with Gasteiger partial charge in [-0.25, -0.2) is 9.78 Å². The molecule has 0 atom stereocenters. The molecule has 0 spiro atoms. The summed E-state index contributed by atoms with van der Waals surface area (Å²) in [6, 6.07) is 12.5. The zero-order valence-corrected chi connectivity index (χ0v) is 17.3. The summed E-state index contributed by atoms with van der Waals surface area (Å²) in [6.45, 7) is 5.51. The average Bonchev–Trinajstić information content (AvgIpc) is 3.11. The third-order valence-electron chi connectivity index (χ3n) is 4.24. The number of anilines is 2. The van der Waals surface area contributed by atoms with Gasteiger partial charge in [-0.15, -0.1) is 11.3 Å². The number of ether oxygens (including phenoxy) is 1. The van der Waals surface area contributed by atoms with E-state index in [1.165, 1.54) is 18.3 Å². The number of carbonyl (C=O) groups is 2. The highest BCUT2D eigenvalue weighted by molar-refractivity contribution is 7.14. The number of hydrogen-bond acceptors (Lipinski definition) is 5. The van der Waals surface area contributed by atoms with Gasteiger partial charge in [-0.3, -0.25) is 9.69 Å². The Hall–Kier alpha value is -2.70. The van der Waals surface area contributed by atoms with E-state index in [2.05, 4.69) is 4.98 Å². The van der Waals surface area contributed by atoms with E-state index in [9.17, 15) is 9.59 Å². The monoisotopic (exact) mass is 414 g/mol. The van der Waals surface area contributed by atoms with Crippen molar-refractivity contribution in [2.45, 2.75) is 27.4 Å². The summed E-state index contributed by atoms with van der Waals surface area (Å²) in [4.78, 5) is 30.4. The van der Waals surface area contributed by atoms with E-state index in [0.29, 0.717) is 21.4 Å². The lowest BCUT2D eigenvalue weighted by atomic mass is 10.1. The number of amides is 1. The Labute approximate surface area is 172 Å². The largest absolute Gasteiger partial charge is 0.456 e. The summed E-state index contributed by atoms with van der Waals surface area (Å²) in [7, 11) is 0. The smallest absolute Gasteiger partial charge is 0.340 e. The summed E-state index contributed by atoms with van der Waals surface area (Å²) in [5.74, 6) is -0.657. The van der Waals surface area contributed by atoms with Gasteiger partial charge < -0.3 is 4.74 Å². The number of rotatable bonds is 5. The van der Waals surface area contributed by atoms with Gasteiger partial charge in [-0.1, -0.05) is 29.8 Å². The van der Waals surface area contributed by atoms with Gasteiger partial charge in [0.15, 0.2) is 5.13 Å². The van der Waals surface area contributed by atoms with Crippen LogP contribution in [0.2, 0.25) is 5.02 Å². The first kappa shape index (κ1) is 20.0. The van der Waals surface area contributed by atoms with Crippen LogP contribution in [0.5, 0.6) is 0 Å². The van der Waals surface area contributed by atoms with Gasteiger partial charge in [0, 0.05) is 12.3 Å². The average molecular weight is 415 g/mol. The fourth-order valence-corrected chi connectivity index (χ4v) is 3.69. The van der Waals surface area contributed by atoms with Gasteiger partial charge in [0.1, 0.15) is 6.61 Å². The number of hydrogen-bond donors (Lipinski definition) is 0. The first-order chi connectivity index (χ1) is 13.4. The minimum atomic E-state index is -0.516. The van der Waals surface area contributed by atoms with Crippen molar-refractivity contribution in [3.05, 3.63) is 75.3 Å². The second-order valence-electron chi connectivity index (χ2n) is 6.30. The van der Waals surface area contributed by atoms with Crippen LogP contribution in [0.15, 0.2) is 47.8 Å². The van der Waals surface area contributed by atoms with Crippen LogP contribution in [0.1, 0.15) is 34.1 Å². The number of benzene rings is 2. The summed E-state index contributed by atoms with van der Waals surface area (Å²) >= 11 is 7.33. The van der Waals surface area contributed by atoms with Gasteiger partial charge in [0.05, 0.1) is 22.0 Å². The third-order valence-corrected chi connectivity index (χ3v) is 5.44. The topological polar surface area (TPSA) is 59.5 Å². The molecule has 3 aromatic rings. The van der Waals surface area contributed by atoms with Crippen LogP contribution in [0.25, 0.3) is 0 Å². The normalized spacial score (nSPS) is 10.6. The van der Waals surface area contributed by atoms with E-state index in [4.69, 9.17) is 16.3 Å². The standard InChI is InChI=1S/C21H19ClN2O3S/c1-13-8-9-17(10-14(13)2)24(15(3)25)21-23-16(12-28-21)11-27-20(26)18-6-4-5-7-19(18)22/h4-10,12H,11H2,1-3H3. The van der Waals surface area contributed by atoms with E-state index in [1.54, 1.807) is 34.5 Å². The quantitative estimate of drug-likeness (QED) is 0.520. The first-order valence-corrected chi connectivity index (χ1v) is 9.86. The molecule has 5 nitrogen and oxygen atoms in total. The molecule has 0 bridgehead atoms. The molecule has 28 heavy (non-hydrogen) atoms. The fourth-order valence-electron chi connectivity index (χ4n) is 2.60. The minimum Gasteiger partial charge on any atom is -0.456 e. The van der Waals surface area contributed by atoms with Crippen LogP contribution in [0.4, 0.5) is 10.8 Å².